The number of hydrogen-bond acceptors (Lipinski definition) is 8. The van der Waals surface area contributed by atoms with Gasteiger partial charge >= 0.3 is 6.18 Å². The first-order valence-corrected chi connectivity index (χ1v) is 13.2. The number of morpholine rings is 1. The quantitative estimate of drug-likeness (QED) is 0.357. The molecule has 38 heavy (non-hydrogen) atoms. The molecule has 8 nitrogen and oxygen atoms in total. The maximum atomic E-state index is 13.1. The highest BCUT2D eigenvalue weighted by molar-refractivity contribution is 7.20. The van der Waals surface area contributed by atoms with Crippen LogP contribution in [0.25, 0.3) is 0 Å². The molecule has 2 unspecified atom stereocenters. The number of benzene rings is 2. The van der Waals surface area contributed by atoms with Gasteiger partial charge in [0.1, 0.15) is 10.7 Å². The van der Waals surface area contributed by atoms with Crippen LogP contribution in [-0.2, 0) is 10.9 Å². The van der Waals surface area contributed by atoms with Gasteiger partial charge in [-0.3, -0.25) is 4.90 Å². The van der Waals surface area contributed by atoms with E-state index in [9.17, 15) is 18.3 Å². The summed E-state index contributed by atoms with van der Waals surface area (Å²) in [5, 5.41) is 18.3. The van der Waals surface area contributed by atoms with E-state index in [1.807, 2.05) is 11.9 Å². The molecular formula is C24H23Cl2F3N6O2S. The number of aliphatic hydroxyl groups excluding tert-OH is 1. The molecule has 0 bridgehead atoms. The minimum atomic E-state index is -4.44. The van der Waals surface area contributed by atoms with Crippen molar-refractivity contribution in [2.75, 3.05) is 44.0 Å². The Bertz CT molecular complexity index is 1320. The number of thiazole rings is 1. The van der Waals surface area contributed by atoms with Crippen LogP contribution in [-0.4, -0.2) is 71.5 Å². The molecule has 5 rings (SSSR count). The number of para-hydroxylation sites is 1. The molecule has 1 fully saturated rings. The van der Waals surface area contributed by atoms with Crippen molar-refractivity contribution in [3.8, 4) is 0 Å². The van der Waals surface area contributed by atoms with E-state index in [-0.39, 0.29) is 19.0 Å². The molecule has 0 aliphatic carbocycles. The number of ether oxygens (including phenoxy) is 1. The maximum Gasteiger partial charge on any atom is 0.416 e. The van der Waals surface area contributed by atoms with Crippen LogP contribution in [0.3, 0.4) is 0 Å². The lowest BCUT2D eigenvalue weighted by Gasteiger charge is -2.44. The highest BCUT2D eigenvalue weighted by Gasteiger charge is 2.37. The van der Waals surface area contributed by atoms with Crippen LogP contribution in [0, 0.1) is 0 Å². The van der Waals surface area contributed by atoms with E-state index in [0.29, 0.717) is 62.8 Å². The second-order valence-corrected chi connectivity index (χ2v) is 10.5. The Hall–Kier alpha value is -2.61. The summed E-state index contributed by atoms with van der Waals surface area (Å²) in [6.07, 6.45) is -5.15. The molecule has 2 aliphatic rings. The minimum absolute atomic E-state index is 0.113. The van der Waals surface area contributed by atoms with E-state index in [1.165, 1.54) is 23.5 Å². The topological polar surface area (TPSA) is 85.3 Å². The highest BCUT2D eigenvalue weighted by atomic mass is 35.5. The molecule has 0 radical (unpaired) electrons. The largest absolute Gasteiger partial charge is 0.416 e. The van der Waals surface area contributed by atoms with Crippen LogP contribution in [0.2, 0.25) is 10.0 Å². The first-order valence-electron chi connectivity index (χ1n) is 11.6. The Kier molecular flexibility index (Phi) is 7.72. The average Bonchev–Trinajstić information content (AvgIpc) is 3.30. The summed E-state index contributed by atoms with van der Waals surface area (Å²) in [6, 6.07) is 9.80. The summed E-state index contributed by atoms with van der Waals surface area (Å²) in [7, 11) is 1.82. The van der Waals surface area contributed by atoms with Crippen LogP contribution in [0.4, 0.5) is 34.7 Å². The van der Waals surface area contributed by atoms with Gasteiger partial charge in [-0.05, 0) is 36.4 Å². The van der Waals surface area contributed by atoms with Crippen molar-refractivity contribution in [2.24, 2.45) is 4.99 Å². The number of anilines is 3. The van der Waals surface area contributed by atoms with Gasteiger partial charge in [0.05, 0.1) is 46.3 Å². The average molecular weight is 587 g/mol. The normalized spacial score (nSPS) is 21.3. The van der Waals surface area contributed by atoms with Crippen LogP contribution in [0.1, 0.15) is 11.3 Å². The van der Waals surface area contributed by atoms with E-state index >= 15 is 0 Å². The van der Waals surface area contributed by atoms with Gasteiger partial charge in [0.15, 0.2) is 17.3 Å². The maximum absolute atomic E-state index is 13.1. The summed E-state index contributed by atoms with van der Waals surface area (Å²) < 4.78 is 44.8. The number of nitrogens with zero attached hydrogens (tertiary/aromatic N) is 4. The molecule has 1 aromatic heterocycles. The fourth-order valence-electron chi connectivity index (χ4n) is 4.23. The van der Waals surface area contributed by atoms with Gasteiger partial charge in [0.25, 0.3) is 0 Å². The van der Waals surface area contributed by atoms with Crippen molar-refractivity contribution in [1.82, 2.24) is 14.8 Å². The first kappa shape index (κ1) is 27.0. The molecule has 0 saturated carbocycles. The lowest BCUT2D eigenvalue weighted by molar-refractivity contribution is -0.137. The third-order valence-corrected chi connectivity index (χ3v) is 7.68. The number of fused-ring (bicyclic) bond motifs is 1. The number of nitrogens with one attached hydrogen (secondary N) is 2. The lowest BCUT2D eigenvalue weighted by Crippen LogP contribution is -2.60. The third-order valence-electron chi connectivity index (χ3n) is 6.14. The van der Waals surface area contributed by atoms with Crippen molar-refractivity contribution in [2.45, 2.75) is 18.6 Å². The fourth-order valence-corrected chi connectivity index (χ4v) is 5.61. The number of amidine groups is 1. The zero-order valence-electron chi connectivity index (χ0n) is 20.0. The first-order chi connectivity index (χ1) is 18.1. The van der Waals surface area contributed by atoms with Gasteiger partial charge in [-0.25, -0.2) is 9.98 Å². The summed E-state index contributed by atoms with van der Waals surface area (Å²) in [5.74, 6) is 0.463. The Labute approximate surface area is 230 Å². The number of aliphatic imine (C=N–C) groups is 1. The molecule has 3 aromatic rings. The predicted molar refractivity (Wildman–Crippen MR) is 143 cm³/mol. The van der Waals surface area contributed by atoms with E-state index < -0.39 is 11.7 Å². The van der Waals surface area contributed by atoms with Crippen molar-refractivity contribution < 1.29 is 23.0 Å². The lowest BCUT2D eigenvalue weighted by atomic mass is 10.2. The fraction of sp³-hybridized carbons (Fsp3) is 0.333. The molecule has 3 heterocycles. The van der Waals surface area contributed by atoms with Gasteiger partial charge in [-0.1, -0.05) is 40.6 Å². The molecule has 2 aliphatic heterocycles. The minimum Gasteiger partial charge on any atom is -0.394 e. The number of aromatic nitrogens is 1. The third kappa shape index (κ3) is 5.56. The second-order valence-electron chi connectivity index (χ2n) is 8.70. The molecule has 1 saturated heterocycles. The Balaban J connectivity index is 1.53. The molecule has 202 valence electrons. The zero-order chi connectivity index (χ0) is 27.0. The number of rotatable bonds is 5. The highest BCUT2D eigenvalue weighted by Crippen LogP contribution is 2.40. The van der Waals surface area contributed by atoms with E-state index in [0.717, 1.165) is 12.1 Å². The van der Waals surface area contributed by atoms with E-state index in [4.69, 9.17) is 37.9 Å². The standard InChI is InChI=1S/C24H23Cl2F3N6O2S/c1-34-20(30-14-7-5-13(6-8-14)24(27,28)29)19-21(33-23(34)35-9-10-37-15(11-35)12-36)38-22(32-19)31-18-16(25)3-2-4-17(18)26/h2-8,15,23,33,36H,9-12H2,1H3,(H,31,32). The van der Waals surface area contributed by atoms with Gasteiger partial charge in [-0.15, -0.1) is 0 Å². The molecule has 0 amide bonds. The SMILES string of the molecule is CN1C(=Nc2ccc(C(F)(F)F)cc2)c2nc(Nc3c(Cl)cccc3Cl)sc2NC1N1CCOC(CO)C1. The van der Waals surface area contributed by atoms with Crippen LogP contribution < -0.4 is 10.6 Å². The smallest absolute Gasteiger partial charge is 0.394 e. The van der Waals surface area contributed by atoms with Gasteiger partial charge in [0.2, 0.25) is 0 Å². The number of alkyl halides is 3. The van der Waals surface area contributed by atoms with Crippen molar-refractivity contribution >= 4 is 61.9 Å². The number of hydrogen-bond donors (Lipinski definition) is 3. The molecular weight excluding hydrogens is 564 g/mol. The van der Waals surface area contributed by atoms with E-state index in [2.05, 4.69) is 15.5 Å². The monoisotopic (exact) mass is 586 g/mol. The van der Waals surface area contributed by atoms with Crippen molar-refractivity contribution in [3.05, 3.63) is 63.8 Å². The Morgan fingerprint density at radius 2 is 1.92 bits per heavy atom. The molecule has 2 atom stereocenters. The Morgan fingerprint density at radius 3 is 2.58 bits per heavy atom. The summed E-state index contributed by atoms with van der Waals surface area (Å²) in [6.45, 7) is 1.40. The molecule has 3 N–H and O–H groups in total. The summed E-state index contributed by atoms with van der Waals surface area (Å²) in [5.41, 5.74) is 0.621. The van der Waals surface area contributed by atoms with Gasteiger partial charge < -0.3 is 25.4 Å². The van der Waals surface area contributed by atoms with Gasteiger partial charge in [0, 0.05) is 20.1 Å². The van der Waals surface area contributed by atoms with Crippen molar-refractivity contribution in [3.63, 3.8) is 0 Å². The van der Waals surface area contributed by atoms with Crippen LogP contribution in [0.5, 0.6) is 0 Å². The summed E-state index contributed by atoms with van der Waals surface area (Å²) >= 11 is 14.0. The molecule has 14 heteroatoms. The predicted octanol–water partition coefficient (Wildman–Crippen LogP) is 5.62. The zero-order valence-corrected chi connectivity index (χ0v) is 22.3. The summed E-state index contributed by atoms with van der Waals surface area (Å²) in [4.78, 5) is 13.4. The van der Waals surface area contributed by atoms with Crippen LogP contribution >= 0.6 is 34.5 Å². The number of halogens is 5. The van der Waals surface area contributed by atoms with E-state index in [1.54, 1.807) is 18.2 Å². The Morgan fingerprint density at radius 1 is 1.21 bits per heavy atom. The number of aliphatic hydroxyl groups is 1. The molecule has 2 aromatic carbocycles. The second kappa shape index (κ2) is 10.9. The molecule has 0 spiro atoms. The van der Waals surface area contributed by atoms with Crippen LogP contribution in [0.15, 0.2) is 47.5 Å². The van der Waals surface area contributed by atoms with Gasteiger partial charge in [-0.2, -0.15) is 13.2 Å². The van der Waals surface area contributed by atoms with Crippen molar-refractivity contribution in [1.29, 1.82) is 0 Å².